The molecule has 2 N–H and O–H groups in total. The predicted molar refractivity (Wildman–Crippen MR) is 77.7 cm³/mol. The molecule has 112 valence electrons. The van der Waals surface area contributed by atoms with Gasteiger partial charge in [0.25, 0.3) is 0 Å². The van der Waals surface area contributed by atoms with Crippen LogP contribution in [0.1, 0.15) is 19.5 Å². The Balaban J connectivity index is 2.28. The molecule has 0 unspecified atom stereocenters. The van der Waals surface area contributed by atoms with Gasteiger partial charge >= 0.3 is 5.97 Å². The number of aromatic amines is 1. The Kier molecular flexibility index (Phi) is 4.81. The summed E-state index contributed by atoms with van der Waals surface area (Å²) in [4.78, 5) is 17.9. The number of ether oxygens (including phenoxy) is 2. The number of hydrogen-bond donors (Lipinski definition) is 2. The summed E-state index contributed by atoms with van der Waals surface area (Å²) in [5.41, 5.74) is 1.38. The average molecular weight is 290 g/mol. The number of nitrogens with zero attached hydrogens (tertiary/aromatic N) is 1. The normalized spacial score (nSPS) is 10.4. The lowest BCUT2D eigenvalue weighted by molar-refractivity contribution is -0.136. The van der Waals surface area contributed by atoms with E-state index in [0.29, 0.717) is 36.2 Å². The van der Waals surface area contributed by atoms with Gasteiger partial charge in [0, 0.05) is 17.5 Å². The highest BCUT2D eigenvalue weighted by atomic mass is 16.5. The van der Waals surface area contributed by atoms with Gasteiger partial charge in [-0.05, 0) is 32.0 Å². The van der Waals surface area contributed by atoms with Gasteiger partial charge in [0.2, 0.25) is 0 Å². The van der Waals surface area contributed by atoms with Crippen LogP contribution in [0, 0.1) is 0 Å². The minimum atomic E-state index is -0.896. The number of carbonyl (C=O) groups is 1. The monoisotopic (exact) mass is 290 g/mol. The Hall–Kier alpha value is -2.50. The van der Waals surface area contributed by atoms with Gasteiger partial charge in [-0.2, -0.15) is 0 Å². The van der Waals surface area contributed by atoms with Crippen molar-refractivity contribution in [1.82, 2.24) is 9.97 Å². The molecular formula is C15H18N2O4. The van der Waals surface area contributed by atoms with Crippen molar-refractivity contribution in [1.29, 1.82) is 0 Å². The lowest BCUT2D eigenvalue weighted by atomic mass is 10.2. The number of rotatable bonds is 7. The third-order valence-corrected chi connectivity index (χ3v) is 2.79. The largest absolute Gasteiger partial charge is 0.490 e. The molecule has 21 heavy (non-hydrogen) atoms. The molecule has 6 nitrogen and oxygen atoms in total. The number of imidazole rings is 1. The predicted octanol–water partition coefficient (Wildman–Crippen LogP) is 2.50. The van der Waals surface area contributed by atoms with E-state index in [1.54, 1.807) is 0 Å². The van der Waals surface area contributed by atoms with Gasteiger partial charge in [-0.3, -0.25) is 4.79 Å². The van der Waals surface area contributed by atoms with Gasteiger partial charge in [0.15, 0.2) is 11.5 Å². The van der Waals surface area contributed by atoms with Crippen molar-refractivity contribution in [3.8, 4) is 22.9 Å². The van der Waals surface area contributed by atoms with Gasteiger partial charge in [-0.15, -0.1) is 0 Å². The first kappa shape index (κ1) is 14.9. The smallest absolute Gasteiger partial charge is 0.309 e. The van der Waals surface area contributed by atoms with Crippen LogP contribution in [0.2, 0.25) is 0 Å². The third-order valence-electron chi connectivity index (χ3n) is 2.79. The topological polar surface area (TPSA) is 84.4 Å². The Bertz CT molecular complexity index is 622. The number of benzene rings is 1. The van der Waals surface area contributed by atoms with E-state index >= 15 is 0 Å². The van der Waals surface area contributed by atoms with Crippen LogP contribution >= 0.6 is 0 Å². The summed E-state index contributed by atoms with van der Waals surface area (Å²) in [5, 5.41) is 8.77. The second-order valence-electron chi connectivity index (χ2n) is 4.36. The van der Waals surface area contributed by atoms with Gasteiger partial charge in [0.1, 0.15) is 5.82 Å². The van der Waals surface area contributed by atoms with E-state index in [1.165, 1.54) is 6.20 Å². The third kappa shape index (κ3) is 3.75. The summed E-state index contributed by atoms with van der Waals surface area (Å²) in [5.74, 6) is 1.04. The summed E-state index contributed by atoms with van der Waals surface area (Å²) in [7, 11) is 0. The maximum atomic E-state index is 10.7. The standard InChI is InChI=1S/C15H18N2O4/c1-3-20-12-6-5-10(7-13(12)21-4-2)15-16-9-11(17-15)8-14(18)19/h5-7,9H,3-4,8H2,1-2H3,(H,16,17)(H,18,19). The molecule has 0 aliphatic carbocycles. The van der Waals surface area contributed by atoms with Gasteiger partial charge in [-0.1, -0.05) is 0 Å². The number of H-pyrrole nitrogens is 1. The van der Waals surface area contributed by atoms with Crippen LogP contribution < -0.4 is 9.47 Å². The van der Waals surface area contributed by atoms with Crippen LogP contribution in [0.25, 0.3) is 11.4 Å². The second-order valence-corrected chi connectivity index (χ2v) is 4.36. The molecule has 0 saturated heterocycles. The zero-order chi connectivity index (χ0) is 15.2. The molecule has 2 rings (SSSR count). The maximum absolute atomic E-state index is 10.7. The lowest BCUT2D eigenvalue weighted by Crippen LogP contribution is -2.00. The van der Waals surface area contributed by atoms with Crippen molar-refractivity contribution >= 4 is 5.97 Å². The molecule has 0 aliphatic heterocycles. The van der Waals surface area contributed by atoms with Crippen molar-refractivity contribution in [3.63, 3.8) is 0 Å². The van der Waals surface area contributed by atoms with E-state index < -0.39 is 5.97 Å². The van der Waals surface area contributed by atoms with E-state index in [4.69, 9.17) is 14.6 Å². The van der Waals surface area contributed by atoms with Crippen molar-refractivity contribution in [2.75, 3.05) is 13.2 Å². The van der Waals surface area contributed by atoms with Gasteiger partial charge in [0.05, 0.1) is 19.6 Å². The van der Waals surface area contributed by atoms with E-state index in [1.807, 2.05) is 32.0 Å². The molecule has 1 heterocycles. The zero-order valence-electron chi connectivity index (χ0n) is 12.0. The Morgan fingerprint density at radius 1 is 1.24 bits per heavy atom. The van der Waals surface area contributed by atoms with Crippen LogP contribution in [0.3, 0.4) is 0 Å². The van der Waals surface area contributed by atoms with Gasteiger partial charge in [-0.25, -0.2) is 4.98 Å². The van der Waals surface area contributed by atoms with Crippen LogP contribution in [-0.4, -0.2) is 34.3 Å². The summed E-state index contributed by atoms with van der Waals surface area (Å²) < 4.78 is 11.1. The molecule has 0 aliphatic rings. The lowest BCUT2D eigenvalue weighted by Gasteiger charge is -2.11. The van der Waals surface area contributed by atoms with Crippen molar-refractivity contribution in [3.05, 3.63) is 30.1 Å². The number of carboxylic acid groups (broad SMARTS) is 1. The molecule has 2 aromatic rings. The van der Waals surface area contributed by atoms with Crippen LogP contribution in [0.5, 0.6) is 11.5 Å². The minimum absolute atomic E-state index is 0.0810. The molecule has 1 aromatic carbocycles. The Morgan fingerprint density at radius 2 is 1.95 bits per heavy atom. The highest BCUT2D eigenvalue weighted by molar-refractivity contribution is 5.70. The molecule has 0 fully saturated rings. The number of nitrogens with one attached hydrogen (secondary N) is 1. The zero-order valence-corrected chi connectivity index (χ0v) is 12.0. The van der Waals surface area contributed by atoms with Crippen LogP contribution in [0.15, 0.2) is 24.4 Å². The van der Waals surface area contributed by atoms with E-state index in [9.17, 15) is 4.79 Å². The Morgan fingerprint density at radius 3 is 2.62 bits per heavy atom. The molecule has 1 aromatic heterocycles. The van der Waals surface area contributed by atoms with Crippen molar-refractivity contribution in [2.24, 2.45) is 0 Å². The van der Waals surface area contributed by atoms with Crippen LogP contribution in [0.4, 0.5) is 0 Å². The van der Waals surface area contributed by atoms with Crippen LogP contribution in [-0.2, 0) is 11.2 Å². The maximum Gasteiger partial charge on any atom is 0.309 e. The van der Waals surface area contributed by atoms with Crippen molar-refractivity contribution < 1.29 is 19.4 Å². The van der Waals surface area contributed by atoms with Crippen molar-refractivity contribution in [2.45, 2.75) is 20.3 Å². The molecule has 0 spiro atoms. The summed E-state index contributed by atoms with van der Waals surface area (Å²) in [6.45, 7) is 4.91. The number of aromatic nitrogens is 2. The second kappa shape index (κ2) is 6.78. The molecular weight excluding hydrogens is 272 g/mol. The SMILES string of the molecule is CCOc1ccc(-c2ncc(CC(=O)O)[nH]2)cc1OCC. The van der Waals surface area contributed by atoms with E-state index in [2.05, 4.69) is 9.97 Å². The Labute approximate surface area is 122 Å². The number of aliphatic carboxylic acids is 1. The summed E-state index contributed by atoms with van der Waals surface area (Å²) >= 11 is 0. The van der Waals surface area contributed by atoms with E-state index in [-0.39, 0.29) is 6.42 Å². The van der Waals surface area contributed by atoms with Gasteiger partial charge < -0.3 is 19.6 Å². The molecule has 0 saturated carbocycles. The molecule has 0 bridgehead atoms. The molecule has 0 amide bonds. The molecule has 0 radical (unpaired) electrons. The first-order valence-electron chi connectivity index (χ1n) is 6.79. The summed E-state index contributed by atoms with van der Waals surface area (Å²) in [6.07, 6.45) is 1.45. The first-order valence-corrected chi connectivity index (χ1v) is 6.79. The minimum Gasteiger partial charge on any atom is -0.490 e. The highest BCUT2D eigenvalue weighted by Crippen LogP contribution is 2.31. The fraction of sp³-hybridized carbons (Fsp3) is 0.333. The average Bonchev–Trinajstić information content (AvgIpc) is 2.89. The quantitative estimate of drug-likeness (QED) is 0.818. The molecule has 0 atom stereocenters. The number of carboxylic acids is 1. The summed E-state index contributed by atoms with van der Waals surface area (Å²) in [6, 6.07) is 5.51. The molecule has 6 heteroatoms. The number of hydrogen-bond acceptors (Lipinski definition) is 4. The fourth-order valence-electron chi connectivity index (χ4n) is 1.96. The highest BCUT2D eigenvalue weighted by Gasteiger charge is 2.11. The fourth-order valence-corrected chi connectivity index (χ4v) is 1.96. The first-order chi connectivity index (χ1) is 10.1. The van der Waals surface area contributed by atoms with E-state index in [0.717, 1.165) is 5.56 Å².